The minimum absolute atomic E-state index is 0.0979. The number of hydrogen-bond donors (Lipinski definition) is 2. The smallest absolute Gasteiger partial charge is 0.251 e. The Balaban J connectivity index is 2.28. The Morgan fingerprint density at radius 3 is 3.07 bits per heavy atom. The number of nitrogens with zero attached hydrogens (tertiary/aromatic N) is 1. The fraction of sp³-hybridized carbons (Fsp3) is 0.556. The molecule has 1 aromatic heterocycles. The minimum Gasteiger partial charge on any atom is -0.314 e. The molecular formula is C9H15N3OS. The van der Waals surface area contributed by atoms with Crippen molar-refractivity contribution in [3.63, 3.8) is 0 Å². The predicted octanol–water partition coefficient (Wildman–Crippen LogP) is 0.860. The molecule has 0 unspecified atom stereocenters. The van der Waals surface area contributed by atoms with E-state index in [-0.39, 0.29) is 5.56 Å². The Bertz CT molecular complexity index is 324. The van der Waals surface area contributed by atoms with Crippen molar-refractivity contribution in [3.05, 3.63) is 22.6 Å². The van der Waals surface area contributed by atoms with E-state index in [0.717, 1.165) is 12.3 Å². The maximum Gasteiger partial charge on any atom is 0.251 e. The number of hydrogen-bond acceptors (Lipinski definition) is 4. The highest BCUT2D eigenvalue weighted by atomic mass is 32.2. The summed E-state index contributed by atoms with van der Waals surface area (Å²) in [5, 5.41) is 3.97. The second kappa shape index (κ2) is 5.82. The van der Waals surface area contributed by atoms with Crippen LogP contribution in [0.5, 0.6) is 0 Å². The molecule has 0 saturated heterocycles. The van der Waals surface area contributed by atoms with Gasteiger partial charge in [0, 0.05) is 30.6 Å². The molecule has 0 aliphatic carbocycles. The van der Waals surface area contributed by atoms with Crippen LogP contribution in [0.15, 0.2) is 22.2 Å². The van der Waals surface area contributed by atoms with Gasteiger partial charge in [0.1, 0.15) is 0 Å². The van der Waals surface area contributed by atoms with Crippen LogP contribution in [0.25, 0.3) is 0 Å². The Hall–Kier alpha value is -0.810. The molecule has 1 rings (SSSR count). The predicted molar refractivity (Wildman–Crippen MR) is 58.7 cm³/mol. The van der Waals surface area contributed by atoms with E-state index in [1.165, 1.54) is 12.3 Å². The van der Waals surface area contributed by atoms with Crippen molar-refractivity contribution in [3.8, 4) is 0 Å². The topological polar surface area (TPSA) is 57.8 Å². The minimum atomic E-state index is -0.0979. The number of H-pyrrole nitrogens is 1. The molecule has 0 bridgehead atoms. The molecular weight excluding hydrogens is 198 g/mol. The van der Waals surface area contributed by atoms with E-state index in [0.29, 0.717) is 11.2 Å². The van der Waals surface area contributed by atoms with Crippen LogP contribution in [-0.2, 0) is 0 Å². The normalized spacial score (nSPS) is 10.8. The average Bonchev–Trinajstić information content (AvgIpc) is 2.12. The van der Waals surface area contributed by atoms with Crippen molar-refractivity contribution in [1.29, 1.82) is 0 Å². The molecule has 5 heteroatoms. The van der Waals surface area contributed by atoms with Crippen LogP contribution in [0.2, 0.25) is 0 Å². The summed E-state index contributed by atoms with van der Waals surface area (Å²) in [6, 6.07) is 1.91. The van der Waals surface area contributed by atoms with Crippen molar-refractivity contribution < 1.29 is 0 Å². The molecule has 4 nitrogen and oxygen atoms in total. The molecule has 78 valence electrons. The molecule has 0 atom stereocenters. The third-order valence-corrected chi connectivity index (χ3v) is 2.43. The number of thioether (sulfide) groups is 1. The van der Waals surface area contributed by atoms with Gasteiger partial charge in [-0.15, -0.1) is 0 Å². The molecule has 0 aliphatic rings. The maximum atomic E-state index is 10.9. The highest BCUT2D eigenvalue weighted by Gasteiger charge is 1.96. The number of aromatic nitrogens is 2. The van der Waals surface area contributed by atoms with Gasteiger partial charge in [-0.05, 0) is 0 Å². The highest BCUT2D eigenvalue weighted by Crippen LogP contribution is 2.07. The van der Waals surface area contributed by atoms with E-state index in [1.54, 1.807) is 11.8 Å². The lowest BCUT2D eigenvalue weighted by Crippen LogP contribution is -2.25. The summed E-state index contributed by atoms with van der Waals surface area (Å²) in [5.74, 6) is 0.908. The number of rotatable bonds is 5. The van der Waals surface area contributed by atoms with Gasteiger partial charge in [-0.1, -0.05) is 25.6 Å². The molecule has 0 radical (unpaired) electrons. The lowest BCUT2D eigenvalue weighted by atomic mass is 10.4. The van der Waals surface area contributed by atoms with Gasteiger partial charge in [0.2, 0.25) is 0 Å². The quantitative estimate of drug-likeness (QED) is 0.433. The monoisotopic (exact) mass is 213 g/mol. The highest BCUT2D eigenvalue weighted by molar-refractivity contribution is 7.99. The van der Waals surface area contributed by atoms with Gasteiger partial charge in [-0.25, -0.2) is 4.98 Å². The Labute approximate surface area is 87.5 Å². The van der Waals surface area contributed by atoms with Crippen molar-refractivity contribution in [1.82, 2.24) is 15.3 Å². The second-order valence-corrected chi connectivity index (χ2v) is 4.28. The van der Waals surface area contributed by atoms with Crippen LogP contribution in [0.4, 0.5) is 0 Å². The zero-order chi connectivity index (χ0) is 10.4. The van der Waals surface area contributed by atoms with E-state index in [2.05, 4.69) is 29.1 Å². The first-order chi connectivity index (χ1) is 6.68. The average molecular weight is 213 g/mol. The first-order valence-electron chi connectivity index (χ1n) is 4.60. The van der Waals surface area contributed by atoms with E-state index in [1.807, 2.05) is 0 Å². The molecule has 2 N–H and O–H groups in total. The van der Waals surface area contributed by atoms with Gasteiger partial charge in [-0.3, -0.25) is 4.79 Å². The first kappa shape index (κ1) is 11.3. The molecule has 0 fully saturated rings. The standard InChI is InChI=1S/C9H15N3OS/c1-7(2)10-5-6-14-9-11-4-3-8(13)12-9/h3-4,7,10H,5-6H2,1-2H3,(H,11,12,13). The second-order valence-electron chi connectivity index (χ2n) is 3.20. The maximum absolute atomic E-state index is 10.9. The summed E-state index contributed by atoms with van der Waals surface area (Å²) in [6.07, 6.45) is 1.52. The van der Waals surface area contributed by atoms with Crippen LogP contribution in [0.3, 0.4) is 0 Å². The van der Waals surface area contributed by atoms with Gasteiger partial charge < -0.3 is 10.3 Å². The third-order valence-electron chi connectivity index (χ3n) is 1.54. The van der Waals surface area contributed by atoms with Gasteiger partial charge in [0.25, 0.3) is 5.56 Å². The Morgan fingerprint density at radius 1 is 1.64 bits per heavy atom. The van der Waals surface area contributed by atoms with Gasteiger partial charge in [0.15, 0.2) is 5.16 Å². The van der Waals surface area contributed by atoms with Crippen LogP contribution in [0, 0.1) is 0 Å². The Kier molecular flexibility index (Phi) is 4.69. The van der Waals surface area contributed by atoms with Gasteiger partial charge >= 0.3 is 0 Å². The van der Waals surface area contributed by atoms with E-state index < -0.39 is 0 Å². The molecule has 0 aliphatic heterocycles. The zero-order valence-corrected chi connectivity index (χ0v) is 9.23. The molecule has 14 heavy (non-hydrogen) atoms. The van der Waals surface area contributed by atoms with Crippen LogP contribution < -0.4 is 10.9 Å². The Morgan fingerprint density at radius 2 is 2.43 bits per heavy atom. The van der Waals surface area contributed by atoms with E-state index >= 15 is 0 Å². The molecule has 0 spiro atoms. The molecule has 1 heterocycles. The van der Waals surface area contributed by atoms with Crippen molar-refractivity contribution >= 4 is 11.8 Å². The largest absolute Gasteiger partial charge is 0.314 e. The summed E-state index contributed by atoms with van der Waals surface area (Å²) in [7, 11) is 0. The number of nitrogens with one attached hydrogen (secondary N) is 2. The lowest BCUT2D eigenvalue weighted by molar-refractivity contribution is 0.615. The van der Waals surface area contributed by atoms with Gasteiger partial charge in [0.05, 0.1) is 0 Å². The van der Waals surface area contributed by atoms with Crippen molar-refractivity contribution in [2.45, 2.75) is 25.0 Å². The van der Waals surface area contributed by atoms with E-state index in [4.69, 9.17) is 0 Å². The lowest BCUT2D eigenvalue weighted by Gasteiger charge is -2.06. The SMILES string of the molecule is CC(C)NCCSc1nccc(=O)[nH]1. The fourth-order valence-corrected chi connectivity index (χ4v) is 1.64. The molecule has 0 amide bonds. The van der Waals surface area contributed by atoms with Crippen LogP contribution in [-0.4, -0.2) is 28.3 Å². The summed E-state index contributed by atoms with van der Waals surface area (Å²) in [5.41, 5.74) is -0.0979. The van der Waals surface area contributed by atoms with E-state index in [9.17, 15) is 4.79 Å². The van der Waals surface area contributed by atoms with Crippen molar-refractivity contribution in [2.75, 3.05) is 12.3 Å². The summed E-state index contributed by atoms with van der Waals surface area (Å²) in [4.78, 5) is 17.6. The van der Waals surface area contributed by atoms with Crippen LogP contribution >= 0.6 is 11.8 Å². The van der Waals surface area contributed by atoms with Gasteiger partial charge in [-0.2, -0.15) is 0 Å². The van der Waals surface area contributed by atoms with Crippen LogP contribution in [0.1, 0.15) is 13.8 Å². The summed E-state index contributed by atoms with van der Waals surface area (Å²) >= 11 is 1.55. The zero-order valence-electron chi connectivity index (χ0n) is 8.41. The molecule has 0 saturated carbocycles. The first-order valence-corrected chi connectivity index (χ1v) is 5.58. The molecule has 1 aromatic rings. The molecule has 0 aromatic carbocycles. The third kappa shape index (κ3) is 4.43. The summed E-state index contributed by atoms with van der Waals surface area (Å²) < 4.78 is 0. The van der Waals surface area contributed by atoms with Crippen molar-refractivity contribution in [2.24, 2.45) is 0 Å². The summed E-state index contributed by atoms with van der Waals surface area (Å²) in [6.45, 7) is 5.13. The fourth-order valence-electron chi connectivity index (χ4n) is 0.921. The number of aromatic amines is 1.